The lowest BCUT2D eigenvalue weighted by Crippen LogP contribution is -2.14. The van der Waals surface area contributed by atoms with Crippen LogP contribution in [-0.4, -0.2) is 15.0 Å². The van der Waals surface area contributed by atoms with Gasteiger partial charge in [-0.05, 0) is 48.9 Å². The maximum atomic E-state index is 12.4. The molecule has 0 heterocycles. The molecule has 0 aromatic heterocycles. The highest BCUT2D eigenvalue weighted by atomic mass is 79.9. The third-order valence-electron chi connectivity index (χ3n) is 2.72. The lowest BCUT2D eigenvalue weighted by atomic mass is 10.2. The number of aryl methyl sites for hydroxylation is 1. The van der Waals surface area contributed by atoms with Gasteiger partial charge in [0.05, 0.1) is 10.6 Å². The number of halogens is 3. The lowest BCUT2D eigenvalue weighted by Gasteiger charge is -2.14. The summed E-state index contributed by atoms with van der Waals surface area (Å²) in [5.41, 5.74) is 0.665. The molecule has 0 radical (unpaired) electrons. The van der Waals surface area contributed by atoms with Gasteiger partial charge in [-0.2, -0.15) is 8.78 Å². The van der Waals surface area contributed by atoms with Crippen molar-refractivity contribution in [2.45, 2.75) is 18.4 Å². The van der Waals surface area contributed by atoms with E-state index in [1.54, 1.807) is 25.1 Å². The summed E-state index contributed by atoms with van der Waals surface area (Å²) < 4.78 is 56.7. The summed E-state index contributed by atoms with van der Waals surface area (Å²) in [6.45, 7) is -1.33. The largest absolute Gasteiger partial charge is 0.433 e. The molecule has 0 atom stereocenters. The minimum absolute atomic E-state index is 0.0141. The van der Waals surface area contributed by atoms with Crippen LogP contribution in [0.3, 0.4) is 0 Å². The van der Waals surface area contributed by atoms with E-state index in [0.717, 1.165) is 4.47 Å². The average molecular weight is 392 g/mol. The number of anilines is 1. The quantitative estimate of drug-likeness (QED) is 0.832. The van der Waals surface area contributed by atoms with Crippen molar-refractivity contribution < 1.29 is 21.9 Å². The van der Waals surface area contributed by atoms with Gasteiger partial charge in [0, 0.05) is 4.47 Å². The van der Waals surface area contributed by atoms with Crippen molar-refractivity contribution in [2.24, 2.45) is 0 Å². The van der Waals surface area contributed by atoms with E-state index in [2.05, 4.69) is 25.4 Å². The summed E-state index contributed by atoms with van der Waals surface area (Å²) in [6.07, 6.45) is 0. The van der Waals surface area contributed by atoms with Crippen molar-refractivity contribution in [3.8, 4) is 5.75 Å². The third-order valence-corrected chi connectivity index (χ3v) is 4.63. The van der Waals surface area contributed by atoms with Crippen LogP contribution in [0.15, 0.2) is 51.8 Å². The van der Waals surface area contributed by atoms with Gasteiger partial charge in [0.1, 0.15) is 5.75 Å². The number of benzene rings is 2. The first-order valence-corrected chi connectivity index (χ1v) is 8.39. The second-order valence-corrected chi connectivity index (χ2v) is 7.04. The monoisotopic (exact) mass is 391 g/mol. The van der Waals surface area contributed by atoms with E-state index < -0.39 is 16.6 Å². The fraction of sp³-hybridized carbons (Fsp3) is 0.143. The van der Waals surface area contributed by atoms with E-state index in [1.165, 1.54) is 24.3 Å². The Balaban J connectivity index is 2.36. The van der Waals surface area contributed by atoms with Crippen molar-refractivity contribution >= 4 is 31.6 Å². The first-order chi connectivity index (χ1) is 10.3. The molecule has 0 aliphatic rings. The standard InChI is InChI=1S/C14H12BrF2NO3S/c1-9-2-7-13(21-14(16)17)12(8-9)18-22(19,20)11-5-3-10(15)4-6-11/h2-8,14,18H,1H3. The highest BCUT2D eigenvalue weighted by Crippen LogP contribution is 2.29. The molecule has 2 aromatic rings. The molecule has 22 heavy (non-hydrogen) atoms. The van der Waals surface area contributed by atoms with Crippen LogP contribution in [0.4, 0.5) is 14.5 Å². The van der Waals surface area contributed by atoms with E-state index in [0.29, 0.717) is 5.56 Å². The zero-order valence-corrected chi connectivity index (χ0v) is 13.8. The zero-order chi connectivity index (χ0) is 16.3. The van der Waals surface area contributed by atoms with Crippen molar-refractivity contribution in [1.29, 1.82) is 0 Å². The first-order valence-electron chi connectivity index (χ1n) is 6.12. The lowest BCUT2D eigenvalue weighted by molar-refractivity contribution is -0.0493. The maximum Gasteiger partial charge on any atom is 0.387 e. The Morgan fingerprint density at radius 2 is 1.77 bits per heavy atom. The second-order valence-electron chi connectivity index (χ2n) is 4.44. The Labute approximate surface area is 135 Å². The Morgan fingerprint density at radius 3 is 2.36 bits per heavy atom. The van der Waals surface area contributed by atoms with Crippen LogP contribution in [-0.2, 0) is 10.0 Å². The van der Waals surface area contributed by atoms with Crippen LogP contribution in [0.1, 0.15) is 5.56 Å². The van der Waals surface area contributed by atoms with E-state index in [-0.39, 0.29) is 16.3 Å². The molecule has 0 amide bonds. The van der Waals surface area contributed by atoms with Gasteiger partial charge in [-0.3, -0.25) is 4.72 Å². The van der Waals surface area contributed by atoms with Crippen LogP contribution in [0.5, 0.6) is 5.75 Å². The summed E-state index contributed by atoms with van der Waals surface area (Å²) in [7, 11) is -3.90. The molecule has 4 nitrogen and oxygen atoms in total. The first kappa shape index (κ1) is 16.7. The average Bonchev–Trinajstić information content (AvgIpc) is 2.41. The fourth-order valence-electron chi connectivity index (χ4n) is 1.74. The predicted molar refractivity (Wildman–Crippen MR) is 82.8 cm³/mol. The molecular weight excluding hydrogens is 380 g/mol. The van der Waals surface area contributed by atoms with Gasteiger partial charge in [0.15, 0.2) is 0 Å². The van der Waals surface area contributed by atoms with Crippen molar-refractivity contribution in [3.63, 3.8) is 0 Å². The Morgan fingerprint density at radius 1 is 1.14 bits per heavy atom. The maximum absolute atomic E-state index is 12.4. The molecule has 2 rings (SSSR count). The molecule has 8 heteroatoms. The SMILES string of the molecule is Cc1ccc(OC(F)F)c(NS(=O)(=O)c2ccc(Br)cc2)c1. The summed E-state index contributed by atoms with van der Waals surface area (Å²) in [5.74, 6) is -0.235. The highest BCUT2D eigenvalue weighted by Gasteiger charge is 2.18. The van der Waals surface area contributed by atoms with Gasteiger partial charge in [0.2, 0.25) is 0 Å². The highest BCUT2D eigenvalue weighted by molar-refractivity contribution is 9.10. The van der Waals surface area contributed by atoms with Gasteiger partial charge in [-0.25, -0.2) is 8.42 Å². The van der Waals surface area contributed by atoms with Gasteiger partial charge in [-0.1, -0.05) is 22.0 Å². The molecular formula is C14H12BrF2NO3S. The minimum Gasteiger partial charge on any atom is -0.433 e. The summed E-state index contributed by atoms with van der Waals surface area (Å²) in [4.78, 5) is 0.0141. The van der Waals surface area contributed by atoms with Crippen LogP contribution in [0.2, 0.25) is 0 Å². The van der Waals surface area contributed by atoms with E-state index >= 15 is 0 Å². The third kappa shape index (κ3) is 4.17. The van der Waals surface area contributed by atoms with Crippen LogP contribution < -0.4 is 9.46 Å². The zero-order valence-electron chi connectivity index (χ0n) is 11.4. The molecule has 0 fully saturated rings. The van der Waals surface area contributed by atoms with Gasteiger partial charge < -0.3 is 4.74 Å². The number of hydrogen-bond acceptors (Lipinski definition) is 3. The molecule has 0 unspecified atom stereocenters. The van der Waals surface area contributed by atoms with Gasteiger partial charge in [-0.15, -0.1) is 0 Å². The molecule has 0 saturated carbocycles. The normalized spacial score (nSPS) is 11.5. The summed E-state index contributed by atoms with van der Waals surface area (Å²) >= 11 is 3.21. The smallest absolute Gasteiger partial charge is 0.387 e. The van der Waals surface area contributed by atoms with Crippen LogP contribution in [0.25, 0.3) is 0 Å². The van der Waals surface area contributed by atoms with Crippen molar-refractivity contribution in [3.05, 3.63) is 52.5 Å². The number of alkyl halides is 2. The van der Waals surface area contributed by atoms with Crippen molar-refractivity contribution in [1.82, 2.24) is 0 Å². The van der Waals surface area contributed by atoms with Crippen LogP contribution in [0, 0.1) is 6.92 Å². The minimum atomic E-state index is -3.90. The number of rotatable bonds is 5. The van der Waals surface area contributed by atoms with Gasteiger partial charge in [0.25, 0.3) is 10.0 Å². The molecule has 1 N–H and O–H groups in total. The topological polar surface area (TPSA) is 55.4 Å². The predicted octanol–water partition coefficient (Wildman–Crippen LogP) is 4.16. The van der Waals surface area contributed by atoms with Crippen molar-refractivity contribution in [2.75, 3.05) is 4.72 Å². The number of hydrogen-bond donors (Lipinski definition) is 1. The molecule has 2 aromatic carbocycles. The second kappa shape index (κ2) is 6.62. The van der Waals surface area contributed by atoms with Crippen LogP contribution >= 0.6 is 15.9 Å². The molecule has 118 valence electrons. The Bertz CT molecular complexity index is 764. The van der Waals surface area contributed by atoms with Gasteiger partial charge >= 0.3 is 6.61 Å². The van der Waals surface area contributed by atoms with E-state index in [9.17, 15) is 17.2 Å². The molecule has 0 saturated heterocycles. The molecule has 0 bridgehead atoms. The molecule has 0 aliphatic carbocycles. The Kier molecular flexibility index (Phi) is 5.02. The number of ether oxygens (including phenoxy) is 1. The number of sulfonamides is 1. The fourth-order valence-corrected chi connectivity index (χ4v) is 3.07. The molecule has 0 spiro atoms. The molecule has 0 aliphatic heterocycles. The van der Waals surface area contributed by atoms with E-state index in [1.807, 2.05) is 0 Å². The number of nitrogens with one attached hydrogen (secondary N) is 1. The summed E-state index contributed by atoms with van der Waals surface area (Å²) in [5, 5.41) is 0. The van der Waals surface area contributed by atoms with E-state index in [4.69, 9.17) is 0 Å². The summed E-state index contributed by atoms with van der Waals surface area (Å²) in [6, 6.07) is 10.2. The Hall–Kier alpha value is -1.67.